The maximum absolute atomic E-state index is 11.9. The molecule has 0 amide bonds. The second-order valence-electron chi connectivity index (χ2n) is 6.62. The van der Waals surface area contributed by atoms with E-state index in [1.807, 2.05) is 12.1 Å². The highest BCUT2D eigenvalue weighted by atomic mass is 16.1. The first-order valence-electron chi connectivity index (χ1n) is 10.4. The maximum Gasteiger partial charge on any atom is 0.181 e. The van der Waals surface area contributed by atoms with Crippen LogP contribution in [0.5, 0.6) is 0 Å². The minimum atomic E-state index is 0.131. The van der Waals surface area contributed by atoms with E-state index in [0.29, 0.717) is 12.1 Å². The van der Waals surface area contributed by atoms with Crippen molar-refractivity contribution >= 4 is 5.78 Å². The molecule has 1 aromatic rings. The van der Waals surface area contributed by atoms with Crippen LogP contribution in [0.2, 0.25) is 0 Å². The Bertz CT molecular complexity index is 596. The molecule has 0 bridgehead atoms. The molecule has 0 saturated heterocycles. The van der Waals surface area contributed by atoms with Gasteiger partial charge in [-0.2, -0.15) is 0 Å². The van der Waals surface area contributed by atoms with Gasteiger partial charge in [-0.3, -0.25) is 9.78 Å². The molecule has 0 spiro atoms. The van der Waals surface area contributed by atoms with Gasteiger partial charge in [-0.25, -0.2) is 0 Å². The zero-order valence-electron chi connectivity index (χ0n) is 16.9. The van der Waals surface area contributed by atoms with Crippen LogP contribution in [0.1, 0.15) is 81.6 Å². The molecule has 27 heavy (non-hydrogen) atoms. The smallest absolute Gasteiger partial charge is 0.181 e. The predicted octanol–water partition coefficient (Wildman–Crippen LogP) is 7.41. The second-order valence-corrected chi connectivity index (χ2v) is 6.62. The summed E-state index contributed by atoms with van der Waals surface area (Å²) in [5.74, 6) is 0.131. The highest BCUT2D eigenvalue weighted by Crippen LogP contribution is 2.05. The van der Waals surface area contributed by atoms with Crippen molar-refractivity contribution in [3.05, 3.63) is 78.7 Å². The fourth-order valence-electron chi connectivity index (χ4n) is 2.60. The number of hydrogen-bond acceptors (Lipinski definition) is 2. The molecule has 0 radical (unpaired) electrons. The molecule has 146 valence electrons. The standard InChI is InChI=1S/C25H35NO/c1-2-3-4-5-6-7-8-9-10-11-12-13-14-15-16-17-18-22-25(27)24-21-19-20-23-26-24/h6-7,9-10,12-13,15-16,19-21,23H,2-5,8,11,14,17-18,22H2,1H3/b7-6-,10-9-,13-12-,16-15-. The summed E-state index contributed by atoms with van der Waals surface area (Å²) in [5, 5.41) is 0. The summed E-state index contributed by atoms with van der Waals surface area (Å²) in [7, 11) is 0. The molecule has 1 aromatic heterocycles. The topological polar surface area (TPSA) is 30.0 Å². The first kappa shape index (κ1) is 22.8. The van der Waals surface area contributed by atoms with Gasteiger partial charge in [0.25, 0.3) is 0 Å². The van der Waals surface area contributed by atoms with Crippen LogP contribution in [-0.2, 0) is 0 Å². The number of rotatable bonds is 15. The molecular formula is C25H35NO. The van der Waals surface area contributed by atoms with Gasteiger partial charge >= 0.3 is 0 Å². The van der Waals surface area contributed by atoms with Gasteiger partial charge in [0.05, 0.1) is 0 Å². The number of allylic oxidation sites excluding steroid dienone is 8. The van der Waals surface area contributed by atoms with Crippen molar-refractivity contribution in [1.29, 1.82) is 0 Å². The van der Waals surface area contributed by atoms with Crippen LogP contribution in [0, 0.1) is 0 Å². The summed E-state index contributed by atoms with van der Waals surface area (Å²) in [6.07, 6.45) is 29.9. The SMILES string of the molecule is CCCCC/C=C\C/C=C\C/C=C\C/C=C\CCCC(=O)c1ccccn1. The molecule has 1 heterocycles. The molecule has 1 rings (SSSR count). The molecule has 0 fully saturated rings. The van der Waals surface area contributed by atoms with Crippen LogP contribution in [0.3, 0.4) is 0 Å². The van der Waals surface area contributed by atoms with Crippen molar-refractivity contribution in [2.75, 3.05) is 0 Å². The first-order valence-corrected chi connectivity index (χ1v) is 10.4. The summed E-state index contributed by atoms with van der Waals surface area (Å²) in [5.41, 5.74) is 0.574. The summed E-state index contributed by atoms with van der Waals surface area (Å²) >= 11 is 0. The number of aromatic nitrogens is 1. The monoisotopic (exact) mass is 365 g/mol. The summed E-state index contributed by atoms with van der Waals surface area (Å²) in [4.78, 5) is 16.0. The van der Waals surface area contributed by atoms with E-state index in [9.17, 15) is 4.79 Å². The lowest BCUT2D eigenvalue weighted by atomic mass is 10.1. The Kier molecular flexibility index (Phi) is 14.5. The van der Waals surface area contributed by atoms with E-state index in [4.69, 9.17) is 0 Å². The number of pyridine rings is 1. The predicted molar refractivity (Wildman–Crippen MR) is 117 cm³/mol. The Morgan fingerprint density at radius 1 is 0.815 bits per heavy atom. The van der Waals surface area contributed by atoms with Crippen molar-refractivity contribution in [3.8, 4) is 0 Å². The van der Waals surface area contributed by atoms with Crippen LogP contribution >= 0.6 is 0 Å². The van der Waals surface area contributed by atoms with Crippen LogP contribution in [0.25, 0.3) is 0 Å². The Morgan fingerprint density at radius 3 is 1.96 bits per heavy atom. The van der Waals surface area contributed by atoms with Crippen molar-refractivity contribution in [2.45, 2.75) is 71.1 Å². The number of carbonyl (C=O) groups is 1. The Labute approximate surface area is 165 Å². The third kappa shape index (κ3) is 13.6. The third-order valence-electron chi connectivity index (χ3n) is 4.18. The molecule has 0 aliphatic rings. The van der Waals surface area contributed by atoms with Gasteiger partial charge in [-0.1, -0.05) is 74.4 Å². The van der Waals surface area contributed by atoms with Crippen LogP contribution < -0.4 is 0 Å². The molecule has 0 saturated carbocycles. The fourth-order valence-corrected chi connectivity index (χ4v) is 2.60. The molecule has 0 aliphatic carbocycles. The quantitative estimate of drug-likeness (QED) is 0.184. The van der Waals surface area contributed by atoms with Crippen LogP contribution in [0.4, 0.5) is 0 Å². The molecule has 2 nitrogen and oxygen atoms in total. The van der Waals surface area contributed by atoms with Gasteiger partial charge < -0.3 is 0 Å². The number of hydrogen-bond donors (Lipinski definition) is 0. The molecule has 0 N–H and O–H groups in total. The number of nitrogens with zero attached hydrogens (tertiary/aromatic N) is 1. The Morgan fingerprint density at radius 2 is 1.41 bits per heavy atom. The van der Waals surface area contributed by atoms with Gasteiger partial charge in [-0.15, -0.1) is 0 Å². The fraction of sp³-hybridized carbons (Fsp3) is 0.440. The van der Waals surface area contributed by atoms with Gasteiger partial charge in [0, 0.05) is 12.6 Å². The largest absolute Gasteiger partial charge is 0.292 e. The lowest BCUT2D eigenvalue weighted by Crippen LogP contribution is -2.00. The maximum atomic E-state index is 11.9. The summed E-state index contributed by atoms with van der Waals surface area (Å²) < 4.78 is 0. The van der Waals surface area contributed by atoms with E-state index < -0.39 is 0 Å². The lowest BCUT2D eigenvalue weighted by molar-refractivity contribution is 0.0975. The van der Waals surface area contributed by atoms with E-state index in [-0.39, 0.29) is 5.78 Å². The molecule has 0 aromatic carbocycles. The van der Waals surface area contributed by atoms with E-state index >= 15 is 0 Å². The molecule has 0 aliphatic heterocycles. The molecule has 0 atom stereocenters. The first-order chi connectivity index (χ1) is 13.3. The molecular weight excluding hydrogens is 330 g/mol. The average molecular weight is 366 g/mol. The lowest BCUT2D eigenvalue weighted by Gasteiger charge is -1.97. The number of unbranched alkanes of at least 4 members (excludes halogenated alkanes) is 4. The molecule has 0 unspecified atom stereocenters. The molecule has 2 heteroatoms. The van der Waals surface area contributed by atoms with Crippen molar-refractivity contribution in [1.82, 2.24) is 4.98 Å². The van der Waals surface area contributed by atoms with Crippen LogP contribution in [-0.4, -0.2) is 10.8 Å². The summed E-state index contributed by atoms with van der Waals surface area (Å²) in [6.45, 7) is 2.24. The van der Waals surface area contributed by atoms with Gasteiger partial charge in [0.1, 0.15) is 5.69 Å². The van der Waals surface area contributed by atoms with Gasteiger partial charge in [-0.05, 0) is 57.1 Å². The number of Topliss-reactive ketones (excluding diaryl/α,β-unsaturated/α-hetero) is 1. The highest BCUT2D eigenvalue weighted by molar-refractivity contribution is 5.94. The van der Waals surface area contributed by atoms with E-state index in [1.165, 1.54) is 25.7 Å². The van der Waals surface area contributed by atoms with E-state index in [1.54, 1.807) is 12.3 Å². The zero-order valence-corrected chi connectivity index (χ0v) is 16.9. The normalized spacial score (nSPS) is 12.2. The van der Waals surface area contributed by atoms with E-state index in [0.717, 1.165) is 32.1 Å². The van der Waals surface area contributed by atoms with Crippen LogP contribution in [0.15, 0.2) is 73.0 Å². The zero-order chi connectivity index (χ0) is 19.4. The number of carbonyl (C=O) groups excluding carboxylic acids is 1. The van der Waals surface area contributed by atoms with Crippen molar-refractivity contribution < 1.29 is 4.79 Å². The minimum Gasteiger partial charge on any atom is -0.292 e. The number of ketones is 1. The second kappa shape index (κ2) is 17.2. The van der Waals surface area contributed by atoms with Crippen molar-refractivity contribution in [3.63, 3.8) is 0 Å². The summed E-state index contributed by atoms with van der Waals surface area (Å²) in [6, 6.07) is 5.46. The Hall–Kier alpha value is -2.22. The van der Waals surface area contributed by atoms with E-state index in [2.05, 4.69) is 60.5 Å². The van der Waals surface area contributed by atoms with Gasteiger partial charge in [0.2, 0.25) is 0 Å². The third-order valence-corrected chi connectivity index (χ3v) is 4.18. The van der Waals surface area contributed by atoms with Crippen molar-refractivity contribution in [2.24, 2.45) is 0 Å². The highest BCUT2D eigenvalue weighted by Gasteiger charge is 2.04. The Balaban J connectivity index is 1.97. The minimum absolute atomic E-state index is 0.131. The van der Waals surface area contributed by atoms with Gasteiger partial charge in [0.15, 0.2) is 5.78 Å². The average Bonchev–Trinajstić information content (AvgIpc) is 2.70.